The predicted molar refractivity (Wildman–Crippen MR) is 97.5 cm³/mol. The average molecular weight is 331 g/mol. The molecular weight excluding hydrogens is 312 g/mol. The molecule has 4 aromatic rings. The fourth-order valence-corrected chi connectivity index (χ4v) is 3.03. The summed E-state index contributed by atoms with van der Waals surface area (Å²) in [5, 5.41) is 0. The molecular formula is C21H19N2O2+. The van der Waals surface area contributed by atoms with E-state index in [0.717, 1.165) is 34.1 Å². The predicted octanol–water partition coefficient (Wildman–Crippen LogP) is 3.90. The minimum Gasteiger partial charge on any atom is -0.497 e. The highest BCUT2D eigenvalue weighted by molar-refractivity contribution is 5.66. The Morgan fingerprint density at radius 3 is 2.04 bits per heavy atom. The molecule has 124 valence electrons. The van der Waals surface area contributed by atoms with E-state index >= 15 is 0 Å². The average Bonchev–Trinajstić information content (AvgIpc) is 3.07. The van der Waals surface area contributed by atoms with Crippen LogP contribution in [0.15, 0.2) is 79.1 Å². The molecule has 0 aliphatic heterocycles. The van der Waals surface area contributed by atoms with Crippen molar-refractivity contribution in [3.63, 3.8) is 0 Å². The van der Waals surface area contributed by atoms with E-state index in [4.69, 9.17) is 9.47 Å². The topological polar surface area (TPSA) is 27.5 Å². The number of hydrogen-bond donors (Lipinski definition) is 0. The molecule has 4 rings (SSSR count). The first-order chi connectivity index (χ1) is 12.3. The summed E-state index contributed by atoms with van der Waals surface area (Å²) in [5.74, 6) is 1.70. The van der Waals surface area contributed by atoms with Gasteiger partial charge in [0.1, 0.15) is 23.4 Å². The molecule has 0 bridgehead atoms. The van der Waals surface area contributed by atoms with Gasteiger partial charge in [-0.25, -0.2) is 4.40 Å². The third kappa shape index (κ3) is 2.72. The van der Waals surface area contributed by atoms with Gasteiger partial charge in [-0.05, 0) is 54.6 Å². The number of hydrogen-bond acceptors (Lipinski definition) is 2. The van der Waals surface area contributed by atoms with E-state index in [1.807, 2.05) is 36.4 Å². The molecule has 0 atom stereocenters. The minimum atomic E-state index is 0.846. The van der Waals surface area contributed by atoms with E-state index in [2.05, 4.69) is 51.7 Å². The standard InChI is InChI=1S/C21H19N2O2/c1-24-18-10-6-16(7-11-18)20-15-22-14-4-3-5-21(22)23(20)17-8-12-19(25-2)13-9-17/h3-15H,1-2H3/q+1. The van der Waals surface area contributed by atoms with E-state index in [9.17, 15) is 0 Å². The molecule has 0 unspecified atom stereocenters. The van der Waals surface area contributed by atoms with Gasteiger partial charge in [-0.15, -0.1) is 0 Å². The number of methoxy groups -OCH3 is 2. The normalized spacial score (nSPS) is 10.8. The molecule has 4 heteroatoms. The van der Waals surface area contributed by atoms with Crippen molar-refractivity contribution in [2.45, 2.75) is 0 Å². The van der Waals surface area contributed by atoms with Crippen LogP contribution in [-0.4, -0.2) is 18.8 Å². The summed E-state index contributed by atoms with van der Waals surface area (Å²) in [6.07, 6.45) is 4.20. The monoisotopic (exact) mass is 331 g/mol. The molecule has 0 radical (unpaired) electrons. The minimum absolute atomic E-state index is 0.846. The first kappa shape index (κ1) is 15.3. The Morgan fingerprint density at radius 1 is 0.760 bits per heavy atom. The Hall–Kier alpha value is -3.27. The maximum absolute atomic E-state index is 5.29. The van der Waals surface area contributed by atoms with Gasteiger partial charge >= 0.3 is 0 Å². The maximum Gasteiger partial charge on any atom is 0.291 e. The third-order valence-electron chi connectivity index (χ3n) is 4.32. The van der Waals surface area contributed by atoms with Crippen LogP contribution in [-0.2, 0) is 0 Å². The largest absolute Gasteiger partial charge is 0.497 e. The molecule has 0 saturated carbocycles. The van der Waals surface area contributed by atoms with Gasteiger partial charge in [0.2, 0.25) is 0 Å². The van der Waals surface area contributed by atoms with Crippen LogP contribution in [0.25, 0.3) is 22.6 Å². The Morgan fingerprint density at radius 2 is 1.40 bits per heavy atom. The summed E-state index contributed by atoms with van der Waals surface area (Å²) < 4.78 is 14.9. The van der Waals surface area contributed by atoms with Gasteiger partial charge in [-0.3, -0.25) is 0 Å². The van der Waals surface area contributed by atoms with Crippen molar-refractivity contribution in [2.75, 3.05) is 14.2 Å². The number of fused-ring (bicyclic) bond motifs is 1. The molecule has 2 heterocycles. The Labute approximate surface area is 146 Å². The lowest BCUT2D eigenvalue weighted by atomic mass is 10.1. The zero-order chi connectivity index (χ0) is 17.2. The highest BCUT2D eigenvalue weighted by Crippen LogP contribution is 2.27. The van der Waals surface area contributed by atoms with Crippen LogP contribution in [0, 0.1) is 0 Å². The van der Waals surface area contributed by atoms with Gasteiger partial charge in [0.15, 0.2) is 5.69 Å². The third-order valence-corrected chi connectivity index (χ3v) is 4.32. The lowest BCUT2D eigenvalue weighted by Crippen LogP contribution is -2.17. The summed E-state index contributed by atoms with van der Waals surface area (Å²) in [6, 6.07) is 22.4. The fourth-order valence-electron chi connectivity index (χ4n) is 3.03. The maximum atomic E-state index is 5.29. The lowest BCUT2D eigenvalue weighted by molar-refractivity contribution is -0.510. The summed E-state index contributed by atoms with van der Waals surface area (Å²) in [5.41, 5.74) is 4.41. The van der Waals surface area contributed by atoms with Gasteiger partial charge in [-0.2, -0.15) is 4.57 Å². The lowest BCUT2D eigenvalue weighted by Gasteiger charge is -2.05. The van der Waals surface area contributed by atoms with Crippen molar-refractivity contribution in [3.05, 3.63) is 79.1 Å². The molecule has 2 aromatic carbocycles. The van der Waals surface area contributed by atoms with Crippen molar-refractivity contribution in [1.82, 2.24) is 4.57 Å². The van der Waals surface area contributed by atoms with Crippen LogP contribution in [0.4, 0.5) is 0 Å². The van der Waals surface area contributed by atoms with Crippen molar-refractivity contribution >= 4 is 5.65 Å². The molecule has 0 aliphatic carbocycles. The molecule has 0 amide bonds. The summed E-state index contributed by atoms with van der Waals surface area (Å²) in [4.78, 5) is 0. The molecule has 0 fully saturated rings. The number of rotatable bonds is 4. The van der Waals surface area contributed by atoms with Gasteiger partial charge in [0, 0.05) is 11.6 Å². The zero-order valence-electron chi connectivity index (χ0n) is 14.2. The SMILES string of the molecule is COc1ccc(-c2c[n+]3ccccc3n2-c2ccc(OC)cc2)cc1. The number of aromatic nitrogens is 2. The second-order valence-corrected chi connectivity index (χ2v) is 5.74. The van der Waals surface area contributed by atoms with Crippen molar-refractivity contribution < 1.29 is 13.9 Å². The molecule has 0 spiro atoms. The molecule has 0 N–H and O–H groups in total. The van der Waals surface area contributed by atoms with Gasteiger partial charge in [-0.1, -0.05) is 6.07 Å². The van der Waals surface area contributed by atoms with Crippen LogP contribution < -0.4 is 13.9 Å². The number of ether oxygens (including phenoxy) is 2. The Kier molecular flexibility index (Phi) is 3.86. The van der Waals surface area contributed by atoms with E-state index in [0.29, 0.717) is 0 Å². The highest BCUT2D eigenvalue weighted by Gasteiger charge is 2.20. The number of nitrogens with zero attached hydrogens (tertiary/aromatic N) is 2. The second-order valence-electron chi connectivity index (χ2n) is 5.74. The first-order valence-electron chi connectivity index (χ1n) is 8.11. The van der Waals surface area contributed by atoms with Gasteiger partial charge < -0.3 is 9.47 Å². The Bertz CT molecular complexity index is 1000. The van der Waals surface area contributed by atoms with Crippen molar-refractivity contribution in [2.24, 2.45) is 0 Å². The van der Waals surface area contributed by atoms with Crippen LogP contribution in [0.2, 0.25) is 0 Å². The van der Waals surface area contributed by atoms with E-state index < -0.39 is 0 Å². The van der Waals surface area contributed by atoms with Gasteiger partial charge in [0.05, 0.1) is 20.4 Å². The summed E-state index contributed by atoms with van der Waals surface area (Å²) in [6.45, 7) is 0. The first-order valence-corrected chi connectivity index (χ1v) is 8.11. The van der Waals surface area contributed by atoms with Crippen LogP contribution in [0.5, 0.6) is 11.5 Å². The van der Waals surface area contributed by atoms with E-state index in [-0.39, 0.29) is 0 Å². The number of benzene rings is 2. The zero-order valence-corrected chi connectivity index (χ0v) is 14.2. The second kappa shape index (κ2) is 6.32. The molecule has 2 aromatic heterocycles. The van der Waals surface area contributed by atoms with E-state index in [1.165, 1.54) is 0 Å². The molecule has 4 nitrogen and oxygen atoms in total. The van der Waals surface area contributed by atoms with Crippen LogP contribution >= 0.6 is 0 Å². The van der Waals surface area contributed by atoms with Crippen molar-refractivity contribution in [3.8, 4) is 28.4 Å². The fraction of sp³-hybridized carbons (Fsp3) is 0.0952. The molecule has 0 saturated heterocycles. The molecule has 25 heavy (non-hydrogen) atoms. The van der Waals surface area contributed by atoms with Gasteiger partial charge in [0.25, 0.3) is 5.65 Å². The summed E-state index contributed by atoms with van der Waals surface area (Å²) >= 11 is 0. The number of imidazole rings is 1. The van der Waals surface area contributed by atoms with Crippen LogP contribution in [0.1, 0.15) is 0 Å². The quantitative estimate of drug-likeness (QED) is 0.530. The number of pyridine rings is 1. The van der Waals surface area contributed by atoms with Crippen molar-refractivity contribution in [1.29, 1.82) is 0 Å². The Balaban J connectivity index is 1.93. The van der Waals surface area contributed by atoms with Crippen LogP contribution in [0.3, 0.4) is 0 Å². The highest BCUT2D eigenvalue weighted by atomic mass is 16.5. The smallest absolute Gasteiger partial charge is 0.291 e. The van der Waals surface area contributed by atoms with E-state index in [1.54, 1.807) is 14.2 Å². The summed E-state index contributed by atoms with van der Waals surface area (Å²) in [7, 11) is 3.36. The molecule has 0 aliphatic rings.